The molecule has 1 fully saturated rings. The van der Waals surface area contributed by atoms with Gasteiger partial charge in [-0.2, -0.15) is 0 Å². The maximum atomic E-state index is 10.5. The molecular formula is C13H22N3O3S+. The van der Waals surface area contributed by atoms with E-state index in [1.807, 2.05) is 18.3 Å². The topological polar surface area (TPSA) is 79.0 Å². The normalized spacial score (nSPS) is 17.4. The molecule has 0 unspecified atom stereocenters. The van der Waals surface area contributed by atoms with Crippen LogP contribution in [0, 0.1) is 0 Å². The van der Waals surface area contributed by atoms with E-state index in [1.54, 1.807) is 0 Å². The fraction of sp³-hybridized carbons (Fsp3) is 0.615. The molecule has 0 bridgehead atoms. The quantitative estimate of drug-likeness (QED) is 0.514. The van der Waals surface area contributed by atoms with E-state index < -0.39 is 10.1 Å². The third-order valence-corrected chi connectivity index (χ3v) is 4.47. The maximum absolute atomic E-state index is 10.5. The number of hydrogen-bond acceptors (Lipinski definition) is 4. The summed E-state index contributed by atoms with van der Waals surface area (Å²) in [6.45, 7) is 5.03. The van der Waals surface area contributed by atoms with Crippen molar-refractivity contribution in [1.29, 1.82) is 0 Å². The zero-order valence-electron chi connectivity index (χ0n) is 11.5. The van der Waals surface area contributed by atoms with Crippen molar-refractivity contribution in [3.63, 3.8) is 0 Å². The molecule has 0 amide bonds. The van der Waals surface area contributed by atoms with Gasteiger partial charge in [0.2, 0.25) is 0 Å². The van der Waals surface area contributed by atoms with Crippen molar-refractivity contribution < 1.29 is 22.9 Å². The van der Waals surface area contributed by atoms with Crippen LogP contribution < -0.4 is 14.8 Å². The van der Waals surface area contributed by atoms with Crippen LogP contribution in [0.4, 0.5) is 5.82 Å². The number of hydrogen-bond donors (Lipinski definition) is 1. The Kier molecular flexibility index (Phi) is 5.33. The Morgan fingerprint density at radius 2 is 2.00 bits per heavy atom. The number of anilines is 1. The number of aromatic nitrogens is 1. The molecule has 0 radical (unpaired) electrons. The van der Waals surface area contributed by atoms with E-state index in [0.29, 0.717) is 6.42 Å². The summed E-state index contributed by atoms with van der Waals surface area (Å²) in [6.07, 6.45) is 3.21. The molecule has 0 atom stereocenters. The average Bonchev–Trinajstić information content (AvgIpc) is 2.44. The van der Waals surface area contributed by atoms with Gasteiger partial charge in [-0.1, -0.05) is 6.07 Å². The summed E-state index contributed by atoms with van der Waals surface area (Å²) in [4.78, 5) is 7.05. The average molecular weight is 300 g/mol. The van der Waals surface area contributed by atoms with E-state index in [9.17, 15) is 13.0 Å². The number of nitrogens with zero attached hydrogens (tertiary/aromatic N) is 1. The SMILES string of the molecule is O=S(=O)([O-])CCCC[NH+]1CCN(c2cccc[nH+]2)CC1. The molecule has 1 aromatic heterocycles. The highest BCUT2D eigenvalue weighted by Gasteiger charge is 2.25. The number of pyridine rings is 1. The van der Waals surface area contributed by atoms with E-state index in [0.717, 1.165) is 45.0 Å². The van der Waals surface area contributed by atoms with Crippen LogP contribution in [-0.4, -0.2) is 51.4 Å². The van der Waals surface area contributed by atoms with Crippen molar-refractivity contribution in [3.05, 3.63) is 24.4 Å². The minimum absolute atomic E-state index is 0.231. The smallest absolute Gasteiger partial charge is 0.274 e. The fourth-order valence-electron chi connectivity index (χ4n) is 2.55. The maximum Gasteiger partial charge on any atom is 0.274 e. The second-order valence-electron chi connectivity index (χ2n) is 5.20. The summed E-state index contributed by atoms with van der Waals surface area (Å²) in [6, 6.07) is 6.06. The van der Waals surface area contributed by atoms with Gasteiger partial charge in [-0.15, -0.1) is 0 Å². The van der Waals surface area contributed by atoms with Gasteiger partial charge in [-0.25, -0.2) is 13.4 Å². The minimum Gasteiger partial charge on any atom is -0.748 e. The number of rotatable bonds is 6. The van der Waals surface area contributed by atoms with Crippen LogP contribution in [0.15, 0.2) is 24.4 Å². The van der Waals surface area contributed by atoms with Crippen molar-refractivity contribution in [2.24, 2.45) is 0 Å². The van der Waals surface area contributed by atoms with Crippen LogP contribution in [0.5, 0.6) is 0 Å². The standard InChI is InChI=1S/C13H21N3O3S/c17-20(18,19)12-4-3-7-15-8-10-16(11-9-15)13-5-1-2-6-14-13/h1-2,5-6H,3-4,7-12H2,(H,17,18,19)/p+1. The molecule has 7 heteroatoms. The largest absolute Gasteiger partial charge is 0.748 e. The highest BCUT2D eigenvalue weighted by molar-refractivity contribution is 7.85. The molecule has 0 aromatic carbocycles. The summed E-state index contributed by atoms with van der Waals surface area (Å²) in [5, 5.41) is 0. The number of H-pyrrole nitrogens is 1. The van der Waals surface area contributed by atoms with Gasteiger partial charge in [0.05, 0.1) is 22.9 Å². The number of nitrogens with one attached hydrogen (secondary N) is 2. The van der Waals surface area contributed by atoms with Gasteiger partial charge in [-0.3, -0.25) is 4.90 Å². The second kappa shape index (κ2) is 7.01. The third-order valence-electron chi connectivity index (χ3n) is 3.68. The summed E-state index contributed by atoms with van der Waals surface area (Å²) in [7, 11) is -4.04. The predicted molar refractivity (Wildman–Crippen MR) is 74.6 cm³/mol. The van der Waals surface area contributed by atoms with Crippen LogP contribution in [0.25, 0.3) is 0 Å². The summed E-state index contributed by atoms with van der Waals surface area (Å²) in [5.41, 5.74) is 0. The predicted octanol–water partition coefficient (Wildman–Crippen LogP) is -1.47. The Morgan fingerprint density at radius 3 is 2.60 bits per heavy atom. The Labute approximate surface area is 120 Å². The molecule has 20 heavy (non-hydrogen) atoms. The molecule has 0 spiro atoms. The first-order valence-electron chi connectivity index (χ1n) is 7.03. The molecule has 112 valence electrons. The summed E-state index contributed by atoms with van der Waals surface area (Å²) in [5.74, 6) is 0.912. The van der Waals surface area contributed by atoms with Crippen molar-refractivity contribution in [2.75, 3.05) is 43.4 Å². The zero-order chi connectivity index (χ0) is 14.4. The van der Waals surface area contributed by atoms with Gasteiger partial charge in [0.25, 0.3) is 5.82 Å². The zero-order valence-corrected chi connectivity index (χ0v) is 12.4. The van der Waals surface area contributed by atoms with Gasteiger partial charge in [-0.05, 0) is 18.9 Å². The monoisotopic (exact) mass is 300 g/mol. The molecule has 2 heterocycles. The van der Waals surface area contributed by atoms with Gasteiger partial charge < -0.3 is 9.45 Å². The molecule has 1 aliphatic rings. The number of aromatic amines is 1. The van der Waals surface area contributed by atoms with Gasteiger partial charge >= 0.3 is 0 Å². The van der Waals surface area contributed by atoms with Crippen molar-refractivity contribution in [2.45, 2.75) is 12.8 Å². The molecule has 2 N–H and O–H groups in total. The van der Waals surface area contributed by atoms with Crippen LogP contribution in [-0.2, 0) is 10.1 Å². The summed E-state index contributed by atoms with van der Waals surface area (Å²) < 4.78 is 31.5. The molecule has 6 nitrogen and oxygen atoms in total. The Morgan fingerprint density at radius 1 is 1.25 bits per heavy atom. The van der Waals surface area contributed by atoms with Crippen LogP contribution in [0.2, 0.25) is 0 Å². The highest BCUT2D eigenvalue weighted by Crippen LogP contribution is 2.04. The van der Waals surface area contributed by atoms with Gasteiger partial charge in [0.1, 0.15) is 26.2 Å². The van der Waals surface area contributed by atoms with Crippen molar-refractivity contribution in [1.82, 2.24) is 0 Å². The lowest BCUT2D eigenvalue weighted by atomic mass is 10.2. The Balaban J connectivity index is 1.67. The molecular weight excluding hydrogens is 278 g/mol. The van der Waals surface area contributed by atoms with E-state index in [4.69, 9.17) is 0 Å². The first-order valence-corrected chi connectivity index (χ1v) is 8.61. The van der Waals surface area contributed by atoms with Crippen molar-refractivity contribution in [3.8, 4) is 0 Å². The lowest BCUT2D eigenvalue weighted by molar-refractivity contribution is -0.900. The molecule has 1 aromatic rings. The molecule has 1 saturated heterocycles. The highest BCUT2D eigenvalue weighted by atomic mass is 32.2. The van der Waals surface area contributed by atoms with E-state index in [1.165, 1.54) is 4.90 Å². The first-order chi connectivity index (χ1) is 9.54. The lowest BCUT2D eigenvalue weighted by Crippen LogP contribution is -3.14. The van der Waals surface area contributed by atoms with Crippen LogP contribution in [0.3, 0.4) is 0 Å². The summed E-state index contributed by atoms with van der Waals surface area (Å²) >= 11 is 0. The third kappa shape index (κ3) is 5.07. The number of piperazine rings is 1. The van der Waals surface area contributed by atoms with E-state index >= 15 is 0 Å². The van der Waals surface area contributed by atoms with Crippen LogP contribution >= 0.6 is 0 Å². The number of quaternary nitrogens is 1. The molecule has 1 aliphatic heterocycles. The molecule has 0 aliphatic carbocycles. The van der Waals surface area contributed by atoms with Crippen molar-refractivity contribution >= 4 is 15.9 Å². The van der Waals surface area contributed by atoms with Crippen LogP contribution in [0.1, 0.15) is 12.8 Å². The number of unbranched alkanes of at least 4 members (excludes halogenated alkanes) is 1. The van der Waals surface area contributed by atoms with E-state index in [2.05, 4.69) is 16.0 Å². The first kappa shape index (κ1) is 15.2. The second-order valence-corrected chi connectivity index (χ2v) is 6.73. The lowest BCUT2D eigenvalue weighted by Gasteiger charge is -2.28. The molecule has 2 rings (SSSR count). The Bertz CT molecular complexity index is 499. The van der Waals surface area contributed by atoms with Gasteiger partial charge in [0.15, 0.2) is 0 Å². The fourth-order valence-corrected chi connectivity index (χ4v) is 3.11. The van der Waals surface area contributed by atoms with E-state index in [-0.39, 0.29) is 5.75 Å². The van der Waals surface area contributed by atoms with Gasteiger partial charge in [0, 0.05) is 11.8 Å². The molecule has 0 saturated carbocycles. The Hall–Kier alpha value is -1.18. The minimum atomic E-state index is -4.04.